The molecule has 0 saturated carbocycles. The van der Waals surface area contributed by atoms with E-state index in [0.29, 0.717) is 19.3 Å². The van der Waals surface area contributed by atoms with Crippen molar-refractivity contribution in [2.24, 2.45) is 23.5 Å². The topological polar surface area (TPSA) is 171 Å². The molecule has 0 spiro atoms. The second-order valence-electron chi connectivity index (χ2n) is 9.04. The zero-order chi connectivity index (χ0) is 25.2. The molecule has 0 heterocycles. The molecule has 7 N–H and O–H groups in total. The number of rotatable bonds is 14. The summed E-state index contributed by atoms with van der Waals surface area (Å²) in [5, 5.41) is 26.6. The smallest absolute Gasteiger partial charge is 0.328 e. The van der Waals surface area contributed by atoms with Gasteiger partial charge in [-0.25, -0.2) is 4.79 Å². The van der Waals surface area contributed by atoms with E-state index < -0.39 is 54.0 Å². The molecule has 0 bridgehead atoms. The maximum Gasteiger partial charge on any atom is 0.328 e. The molecule has 3 amide bonds. The molecule has 0 aliphatic rings. The fourth-order valence-corrected chi connectivity index (χ4v) is 3.15. The number of aliphatic carboxylic acids is 1. The van der Waals surface area contributed by atoms with E-state index in [-0.39, 0.29) is 17.8 Å². The van der Waals surface area contributed by atoms with E-state index in [1.165, 1.54) is 6.92 Å². The highest BCUT2D eigenvalue weighted by molar-refractivity contribution is 5.94. The fraction of sp³-hybridized carbons (Fsp3) is 0.818. The van der Waals surface area contributed by atoms with Crippen molar-refractivity contribution in [3.63, 3.8) is 0 Å². The predicted octanol–water partition coefficient (Wildman–Crippen LogP) is 0.372. The normalized spacial score (nSPS) is 17.9. The van der Waals surface area contributed by atoms with Crippen LogP contribution in [0.1, 0.15) is 67.7 Å². The Balaban J connectivity index is 5.60. The molecule has 7 unspecified atom stereocenters. The summed E-state index contributed by atoms with van der Waals surface area (Å²) in [5.74, 6) is -3.43. The lowest BCUT2D eigenvalue weighted by atomic mass is 9.94. The summed E-state index contributed by atoms with van der Waals surface area (Å²) in [4.78, 5) is 49.8. The van der Waals surface area contributed by atoms with Gasteiger partial charge in [-0.3, -0.25) is 14.4 Å². The quantitative estimate of drug-likeness (QED) is 0.218. The van der Waals surface area contributed by atoms with Gasteiger partial charge >= 0.3 is 5.97 Å². The van der Waals surface area contributed by atoms with E-state index in [1.807, 2.05) is 34.6 Å². The van der Waals surface area contributed by atoms with Gasteiger partial charge in [-0.1, -0.05) is 54.4 Å². The van der Waals surface area contributed by atoms with Crippen LogP contribution in [0.4, 0.5) is 0 Å². The first-order valence-corrected chi connectivity index (χ1v) is 11.3. The molecule has 10 heteroatoms. The van der Waals surface area contributed by atoms with Crippen molar-refractivity contribution in [3.8, 4) is 0 Å². The molecule has 0 fully saturated rings. The summed E-state index contributed by atoms with van der Waals surface area (Å²) in [6.45, 7) is 12.4. The Morgan fingerprint density at radius 1 is 0.750 bits per heavy atom. The van der Waals surface area contributed by atoms with Gasteiger partial charge in [0.1, 0.15) is 12.1 Å². The van der Waals surface area contributed by atoms with E-state index in [2.05, 4.69) is 16.0 Å². The lowest BCUT2D eigenvalue weighted by Crippen LogP contribution is -2.60. The Morgan fingerprint density at radius 3 is 1.44 bits per heavy atom. The van der Waals surface area contributed by atoms with Crippen LogP contribution in [0, 0.1) is 17.8 Å². The van der Waals surface area contributed by atoms with Crippen molar-refractivity contribution >= 4 is 23.7 Å². The molecule has 7 atom stereocenters. The minimum atomic E-state index is -1.51. The lowest BCUT2D eigenvalue weighted by molar-refractivity contribution is -0.145. The van der Waals surface area contributed by atoms with Crippen LogP contribution in [0.15, 0.2) is 0 Å². The maximum atomic E-state index is 13.1. The minimum Gasteiger partial charge on any atom is -0.480 e. The number of nitrogens with one attached hydrogen (secondary N) is 3. The van der Waals surface area contributed by atoms with Gasteiger partial charge in [0, 0.05) is 0 Å². The number of carboxylic acid groups (broad SMARTS) is 1. The summed E-state index contributed by atoms with van der Waals surface area (Å²) in [6.07, 6.45) is 0.277. The maximum absolute atomic E-state index is 13.1. The van der Waals surface area contributed by atoms with Gasteiger partial charge < -0.3 is 31.9 Å². The van der Waals surface area contributed by atoms with Crippen LogP contribution in [0.25, 0.3) is 0 Å². The number of carboxylic acids is 1. The number of aliphatic hydroxyl groups excluding tert-OH is 1. The van der Waals surface area contributed by atoms with Gasteiger partial charge in [0.25, 0.3) is 0 Å². The molecule has 186 valence electrons. The lowest BCUT2D eigenvalue weighted by Gasteiger charge is -2.30. The fourth-order valence-electron chi connectivity index (χ4n) is 3.15. The third kappa shape index (κ3) is 9.52. The average molecular weight is 459 g/mol. The Labute approximate surface area is 191 Å². The number of carbonyl (C=O) groups excluding carboxylic acids is 3. The van der Waals surface area contributed by atoms with Crippen LogP contribution >= 0.6 is 0 Å². The monoisotopic (exact) mass is 458 g/mol. The van der Waals surface area contributed by atoms with Gasteiger partial charge in [-0.05, 0) is 31.1 Å². The SMILES string of the molecule is CCC(C)C(NC(=O)C(N)CC(C)C)C(=O)NC(C(=O)NC(C(=O)O)C(C)O)C(C)CC. The first-order chi connectivity index (χ1) is 14.8. The number of hydrogen-bond acceptors (Lipinski definition) is 6. The molecule has 10 nitrogen and oxygen atoms in total. The Bertz CT molecular complexity index is 640. The van der Waals surface area contributed by atoms with Gasteiger partial charge in [0.2, 0.25) is 17.7 Å². The largest absolute Gasteiger partial charge is 0.480 e. The highest BCUT2D eigenvalue weighted by Gasteiger charge is 2.35. The number of carbonyl (C=O) groups is 4. The molecule has 0 saturated heterocycles. The third-order valence-electron chi connectivity index (χ3n) is 5.69. The highest BCUT2D eigenvalue weighted by Crippen LogP contribution is 2.13. The first kappa shape index (κ1) is 29.8. The van der Waals surface area contributed by atoms with Crippen molar-refractivity contribution in [2.75, 3.05) is 0 Å². The molecular weight excluding hydrogens is 416 g/mol. The molecule has 32 heavy (non-hydrogen) atoms. The molecule has 0 aromatic heterocycles. The standard InChI is InChI=1S/C22H42N4O6/c1-8-12(5)16(24-19(28)15(23)10-11(3)4)20(29)25-17(13(6)9-2)21(30)26-18(14(7)27)22(31)32/h11-18,27H,8-10,23H2,1-7H3,(H,24,28)(H,25,29)(H,26,30)(H,31,32). The van der Waals surface area contributed by atoms with Crippen molar-refractivity contribution in [2.45, 2.75) is 98.0 Å². The van der Waals surface area contributed by atoms with Crippen LogP contribution in [-0.4, -0.2) is 64.2 Å². The number of hydrogen-bond donors (Lipinski definition) is 6. The van der Waals surface area contributed by atoms with Crippen LogP contribution in [0.3, 0.4) is 0 Å². The first-order valence-electron chi connectivity index (χ1n) is 11.3. The summed E-state index contributed by atoms with van der Waals surface area (Å²) in [7, 11) is 0. The molecule has 0 rings (SSSR count). The van der Waals surface area contributed by atoms with Gasteiger partial charge in [0.15, 0.2) is 6.04 Å². The molecular formula is C22H42N4O6. The number of aliphatic hydroxyl groups is 1. The highest BCUT2D eigenvalue weighted by atomic mass is 16.4. The molecule has 0 aromatic carbocycles. The zero-order valence-electron chi connectivity index (χ0n) is 20.3. The van der Waals surface area contributed by atoms with E-state index in [0.717, 1.165) is 0 Å². The summed E-state index contributed by atoms with van der Waals surface area (Å²) < 4.78 is 0. The second-order valence-corrected chi connectivity index (χ2v) is 9.04. The van der Waals surface area contributed by atoms with Gasteiger partial charge in [-0.2, -0.15) is 0 Å². The third-order valence-corrected chi connectivity index (χ3v) is 5.69. The predicted molar refractivity (Wildman–Crippen MR) is 121 cm³/mol. The van der Waals surface area contributed by atoms with Crippen molar-refractivity contribution in [3.05, 3.63) is 0 Å². The van der Waals surface area contributed by atoms with Crippen molar-refractivity contribution < 1.29 is 29.4 Å². The van der Waals surface area contributed by atoms with Crippen LogP contribution in [-0.2, 0) is 19.2 Å². The second kappa shape index (κ2) is 14.1. The van der Waals surface area contributed by atoms with Crippen molar-refractivity contribution in [1.29, 1.82) is 0 Å². The van der Waals surface area contributed by atoms with Gasteiger partial charge in [0.05, 0.1) is 12.1 Å². The van der Waals surface area contributed by atoms with Crippen LogP contribution in [0.2, 0.25) is 0 Å². The van der Waals surface area contributed by atoms with E-state index in [1.54, 1.807) is 6.92 Å². The number of amides is 3. The molecule has 0 aromatic rings. The van der Waals surface area contributed by atoms with E-state index >= 15 is 0 Å². The van der Waals surface area contributed by atoms with E-state index in [9.17, 15) is 29.4 Å². The van der Waals surface area contributed by atoms with Gasteiger partial charge in [-0.15, -0.1) is 0 Å². The van der Waals surface area contributed by atoms with Crippen molar-refractivity contribution in [1.82, 2.24) is 16.0 Å². The summed E-state index contributed by atoms with van der Waals surface area (Å²) in [6, 6.07) is -4.21. The minimum absolute atomic E-state index is 0.209. The Hall–Kier alpha value is -2.20. The molecule has 0 radical (unpaired) electrons. The average Bonchev–Trinajstić information content (AvgIpc) is 2.71. The van der Waals surface area contributed by atoms with Crippen LogP contribution in [0.5, 0.6) is 0 Å². The molecule has 0 aliphatic heterocycles. The Morgan fingerprint density at radius 2 is 1.12 bits per heavy atom. The van der Waals surface area contributed by atoms with Crippen LogP contribution < -0.4 is 21.7 Å². The summed E-state index contributed by atoms with van der Waals surface area (Å²) >= 11 is 0. The number of nitrogens with two attached hydrogens (primary N) is 1. The van der Waals surface area contributed by atoms with E-state index in [4.69, 9.17) is 5.73 Å². The zero-order valence-corrected chi connectivity index (χ0v) is 20.3. The molecule has 0 aliphatic carbocycles. The summed E-state index contributed by atoms with van der Waals surface area (Å²) in [5.41, 5.74) is 5.95. The Kier molecular flexibility index (Phi) is 13.1.